The SMILES string of the molecule is CNCCCC(C)N1CC(C)C(N(C)C)C1. The van der Waals surface area contributed by atoms with Gasteiger partial charge in [0, 0.05) is 25.2 Å². The van der Waals surface area contributed by atoms with Gasteiger partial charge in [-0.3, -0.25) is 4.90 Å². The van der Waals surface area contributed by atoms with Gasteiger partial charge in [-0.2, -0.15) is 0 Å². The Morgan fingerprint density at radius 1 is 1.38 bits per heavy atom. The Morgan fingerprint density at radius 3 is 2.56 bits per heavy atom. The Kier molecular flexibility index (Phi) is 5.73. The van der Waals surface area contributed by atoms with Crippen molar-refractivity contribution in [2.24, 2.45) is 5.92 Å². The highest BCUT2D eigenvalue weighted by atomic mass is 15.3. The Hall–Kier alpha value is -0.120. The molecule has 0 radical (unpaired) electrons. The Morgan fingerprint density at radius 2 is 2.06 bits per heavy atom. The molecule has 1 aliphatic heterocycles. The molecule has 16 heavy (non-hydrogen) atoms. The highest BCUT2D eigenvalue weighted by Crippen LogP contribution is 2.23. The highest BCUT2D eigenvalue weighted by molar-refractivity contribution is 4.88. The summed E-state index contributed by atoms with van der Waals surface area (Å²) >= 11 is 0. The fraction of sp³-hybridized carbons (Fsp3) is 1.00. The van der Waals surface area contributed by atoms with Gasteiger partial charge in [-0.05, 0) is 53.4 Å². The molecule has 3 unspecified atom stereocenters. The minimum Gasteiger partial charge on any atom is -0.320 e. The monoisotopic (exact) mass is 227 g/mol. The van der Waals surface area contributed by atoms with Gasteiger partial charge in [0.1, 0.15) is 0 Å². The normalized spacial score (nSPS) is 28.9. The number of hydrogen-bond donors (Lipinski definition) is 1. The molecule has 3 atom stereocenters. The first kappa shape index (κ1) is 13.9. The summed E-state index contributed by atoms with van der Waals surface area (Å²) in [6, 6.07) is 1.48. The molecule has 0 aromatic rings. The summed E-state index contributed by atoms with van der Waals surface area (Å²) in [4.78, 5) is 5.04. The molecule has 1 fully saturated rings. The first-order chi connectivity index (χ1) is 7.56. The molecule has 0 saturated carbocycles. The molecule has 0 aromatic heterocycles. The molecule has 1 N–H and O–H groups in total. The average molecular weight is 227 g/mol. The Bertz CT molecular complexity index is 194. The molecular formula is C13H29N3. The van der Waals surface area contributed by atoms with Gasteiger partial charge in [-0.1, -0.05) is 6.92 Å². The van der Waals surface area contributed by atoms with Crippen molar-refractivity contribution in [1.82, 2.24) is 15.1 Å². The zero-order valence-corrected chi connectivity index (χ0v) is 11.7. The number of rotatable bonds is 6. The maximum absolute atomic E-state index is 3.22. The van der Waals surface area contributed by atoms with E-state index in [0.717, 1.165) is 24.5 Å². The second-order valence-electron chi connectivity index (χ2n) is 5.56. The zero-order valence-electron chi connectivity index (χ0n) is 11.7. The van der Waals surface area contributed by atoms with E-state index in [2.05, 4.69) is 43.1 Å². The lowest BCUT2D eigenvalue weighted by Crippen LogP contribution is -2.36. The summed E-state index contributed by atoms with van der Waals surface area (Å²) in [5, 5.41) is 3.22. The molecule has 0 aromatic carbocycles. The van der Waals surface area contributed by atoms with Crippen molar-refractivity contribution in [3.63, 3.8) is 0 Å². The lowest BCUT2D eigenvalue weighted by molar-refractivity contribution is 0.215. The van der Waals surface area contributed by atoms with Crippen LogP contribution in [0.2, 0.25) is 0 Å². The van der Waals surface area contributed by atoms with Gasteiger partial charge in [0.15, 0.2) is 0 Å². The van der Waals surface area contributed by atoms with E-state index >= 15 is 0 Å². The van der Waals surface area contributed by atoms with Crippen LogP contribution in [-0.2, 0) is 0 Å². The van der Waals surface area contributed by atoms with Crippen LogP contribution in [-0.4, -0.2) is 62.7 Å². The van der Waals surface area contributed by atoms with E-state index in [1.165, 1.54) is 25.9 Å². The summed E-state index contributed by atoms with van der Waals surface area (Å²) in [5.74, 6) is 0.807. The molecule has 96 valence electrons. The second kappa shape index (κ2) is 6.58. The van der Waals surface area contributed by atoms with Crippen molar-refractivity contribution in [1.29, 1.82) is 0 Å². The van der Waals surface area contributed by atoms with E-state index in [4.69, 9.17) is 0 Å². The topological polar surface area (TPSA) is 18.5 Å². The van der Waals surface area contributed by atoms with Crippen LogP contribution in [0.25, 0.3) is 0 Å². The average Bonchev–Trinajstić information content (AvgIpc) is 2.60. The lowest BCUT2D eigenvalue weighted by Gasteiger charge is -2.25. The maximum Gasteiger partial charge on any atom is 0.0254 e. The summed E-state index contributed by atoms with van der Waals surface area (Å²) < 4.78 is 0. The van der Waals surface area contributed by atoms with Gasteiger partial charge in [0.2, 0.25) is 0 Å². The van der Waals surface area contributed by atoms with Crippen LogP contribution in [0.1, 0.15) is 26.7 Å². The third-order valence-electron chi connectivity index (χ3n) is 3.94. The van der Waals surface area contributed by atoms with Crippen LogP contribution in [0.3, 0.4) is 0 Å². The van der Waals surface area contributed by atoms with Crippen LogP contribution in [0.4, 0.5) is 0 Å². The second-order valence-corrected chi connectivity index (χ2v) is 5.56. The molecule has 0 bridgehead atoms. The van der Waals surface area contributed by atoms with Crippen molar-refractivity contribution < 1.29 is 0 Å². The molecule has 3 heteroatoms. The van der Waals surface area contributed by atoms with Crippen molar-refractivity contribution in [2.75, 3.05) is 40.8 Å². The number of likely N-dealkylation sites (tertiary alicyclic amines) is 1. The van der Waals surface area contributed by atoms with Crippen molar-refractivity contribution in [2.45, 2.75) is 38.8 Å². The van der Waals surface area contributed by atoms with Gasteiger partial charge < -0.3 is 10.2 Å². The zero-order chi connectivity index (χ0) is 12.1. The summed E-state index contributed by atoms with van der Waals surface area (Å²) in [6.07, 6.45) is 2.60. The predicted molar refractivity (Wildman–Crippen MR) is 70.8 cm³/mol. The van der Waals surface area contributed by atoms with E-state index in [1.807, 2.05) is 7.05 Å². The summed E-state index contributed by atoms with van der Waals surface area (Å²) in [7, 11) is 6.44. The van der Waals surface area contributed by atoms with Crippen LogP contribution in [0.5, 0.6) is 0 Å². The van der Waals surface area contributed by atoms with Gasteiger partial charge >= 0.3 is 0 Å². The molecule has 0 spiro atoms. The number of nitrogens with one attached hydrogen (secondary N) is 1. The Balaban J connectivity index is 2.33. The first-order valence-corrected chi connectivity index (χ1v) is 6.61. The van der Waals surface area contributed by atoms with E-state index < -0.39 is 0 Å². The quantitative estimate of drug-likeness (QED) is 0.689. The third-order valence-corrected chi connectivity index (χ3v) is 3.94. The lowest BCUT2D eigenvalue weighted by atomic mass is 10.1. The molecule has 1 heterocycles. The number of likely N-dealkylation sites (N-methyl/N-ethyl adjacent to an activating group) is 1. The summed E-state index contributed by atoms with van der Waals surface area (Å²) in [5.41, 5.74) is 0. The predicted octanol–water partition coefficient (Wildman–Crippen LogP) is 1.26. The van der Waals surface area contributed by atoms with E-state index in [1.54, 1.807) is 0 Å². The molecule has 1 rings (SSSR count). The smallest absolute Gasteiger partial charge is 0.0254 e. The molecule has 1 saturated heterocycles. The fourth-order valence-electron chi connectivity index (χ4n) is 2.78. The standard InChI is InChI=1S/C13H29N3/c1-11-9-16(10-13(11)15(4)5)12(2)7-6-8-14-3/h11-14H,6-10H2,1-5H3. The third kappa shape index (κ3) is 3.72. The molecule has 3 nitrogen and oxygen atoms in total. The highest BCUT2D eigenvalue weighted by Gasteiger charge is 2.32. The minimum absolute atomic E-state index is 0.737. The number of hydrogen-bond acceptors (Lipinski definition) is 3. The van der Waals surface area contributed by atoms with Crippen LogP contribution in [0.15, 0.2) is 0 Å². The maximum atomic E-state index is 3.22. The molecule has 0 amide bonds. The minimum atomic E-state index is 0.737. The van der Waals surface area contributed by atoms with E-state index in [-0.39, 0.29) is 0 Å². The van der Waals surface area contributed by atoms with Crippen molar-refractivity contribution >= 4 is 0 Å². The van der Waals surface area contributed by atoms with Crippen LogP contribution < -0.4 is 5.32 Å². The van der Waals surface area contributed by atoms with Crippen molar-refractivity contribution in [3.8, 4) is 0 Å². The molecule has 1 aliphatic rings. The van der Waals surface area contributed by atoms with Crippen LogP contribution >= 0.6 is 0 Å². The van der Waals surface area contributed by atoms with Gasteiger partial charge in [-0.25, -0.2) is 0 Å². The Labute approximate surface area is 101 Å². The molecule has 0 aliphatic carbocycles. The van der Waals surface area contributed by atoms with Gasteiger partial charge in [0.05, 0.1) is 0 Å². The fourth-order valence-corrected chi connectivity index (χ4v) is 2.78. The van der Waals surface area contributed by atoms with Crippen molar-refractivity contribution in [3.05, 3.63) is 0 Å². The first-order valence-electron chi connectivity index (χ1n) is 6.61. The number of nitrogens with zero attached hydrogens (tertiary/aromatic N) is 2. The largest absolute Gasteiger partial charge is 0.320 e. The van der Waals surface area contributed by atoms with Crippen LogP contribution in [0, 0.1) is 5.92 Å². The molecular weight excluding hydrogens is 198 g/mol. The summed E-state index contributed by atoms with van der Waals surface area (Å²) in [6.45, 7) is 8.41. The van der Waals surface area contributed by atoms with E-state index in [9.17, 15) is 0 Å². The van der Waals surface area contributed by atoms with Gasteiger partial charge in [0.25, 0.3) is 0 Å². The van der Waals surface area contributed by atoms with E-state index in [0.29, 0.717) is 0 Å². The van der Waals surface area contributed by atoms with Gasteiger partial charge in [-0.15, -0.1) is 0 Å².